The van der Waals surface area contributed by atoms with Crippen molar-refractivity contribution in [2.75, 3.05) is 6.61 Å². The molecule has 1 fully saturated rings. The summed E-state index contributed by atoms with van der Waals surface area (Å²) in [7, 11) is 0. The van der Waals surface area contributed by atoms with E-state index >= 15 is 0 Å². The van der Waals surface area contributed by atoms with Gasteiger partial charge in [0.1, 0.15) is 0 Å². The van der Waals surface area contributed by atoms with Gasteiger partial charge >= 0.3 is 58.4 Å². The van der Waals surface area contributed by atoms with Crippen molar-refractivity contribution in [2.45, 2.75) is 46.1 Å². The van der Waals surface area contributed by atoms with E-state index in [0.29, 0.717) is 17.8 Å². The Hall–Kier alpha value is 1.19. The Bertz CT molecular complexity index is 294. The van der Waals surface area contributed by atoms with Crippen molar-refractivity contribution in [1.29, 1.82) is 0 Å². The third-order valence-corrected chi connectivity index (χ3v) is 3.91. The zero-order valence-corrected chi connectivity index (χ0v) is 15.6. The molecular formula is C13H23BF3KO. The monoisotopic (exact) mass is 302 g/mol. The summed E-state index contributed by atoms with van der Waals surface area (Å²) in [6, 6.07) is 0. The molecule has 3 unspecified atom stereocenters. The van der Waals surface area contributed by atoms with E-state index in [1.165, 1.54) is 0 Å². The molecule has 1 saturated carbocycles. The molecule has 0 aromatic heterocycles. The third-order valence-electron chi connectivity index (χ3n) is 3.91. The summed E-state index contributed by atoms with van der Waals surface area (Å²) in [6.45, 7) is 4.10. The summed E-state index contributed by atoms with van der Waals surface area (Å²) in [5.74, 6) is 1.36. The Morgan fingerprint density at radius 3 is 2.37 bits per heavy atom. The molecule has 1 rings (SSSR count). The van der Waals surface area contributed by atoms with Gasteiger partial charge in [-0.2, -0.15) is 0 Å². The molecule has 0 radical (unpaired) electrons. The predicted octanol–water partition coefficient (Wildman–Crippen LogP) is 1.41. The Labute approximate surface area is 157 Å². The molecule has 0 heterocycles. The van der Waals surface area contributed by atoms with Crippen molar-refractivity contribution >= 4 is 6.98 Å². The van der Waals surface area contributed by atoms with E-state index < -0.39 is 12.4 Å². The van der Waals surface area contributed by atoms with Crippen molar-refractivity contribution in [3.8, 4) is 0 Å². The molecule has 1 aliphatic carbocycles. The second kappa shape index (κ2) is 8.59. The number of ether oxygens (including phenoxy) is 1. The zero-order valence-electron chi connectivity index (χ0n) is 12.5. The largest absolute Gasteiger partial charge is 1.00 e. The summed E-state index contributed by atoms with van der Waals surface area (Å²) >= 11 is 0. The van der Waals surface area contributed by atoms with Gasteiger partial charge in [0, 0.05) is 6.61 Å². The molecule has 0 aromatic rings. The van der Waals surface area contributed by atoms with E-state index in [9.17, 15) is 12.9 Å². The van der Waals surface area contributed by atoms with Gasteiger partial charge in [0.25, 0.3) is 0 Å². The maximum Gasteiger partial charge on any atom is 1.00 e. The maximum atomic E-state index is 12.4. The van der Waals surface area contributed by atoms with Crippen LogP contribution in [0.15, 0.2) is 12.1 Å². The minimum absolute atomic E-state index is 0. The molecule has 106 valence electrons. The molecule has 0 aromatic carbocycles. The van der Waals surface area contributed by atoms with Crippen molar-refractivity contribution in [3.05, 3.63) is 12.1 Å². The first kappa shape index (κ1) is 20.2. The topological polar surface area (TPSA) is 9.23 Å². The van der Waals surface area contributed by atoms with Gasteiger partial charge in [0.2, 0.25) is 0 Å². The first-order valence-corrected chi connectivity index (χ1v) is 6.71. The fourth-order valence-electron chi connectivity index (χ4n) is 2.61. The zero-order chi connectivity index (χ0) is 13.9. The third kappa shape index (κ3) is 6.66. The number of halogens is 3. The van der Waals surface area contributed by atoms with E-state index in [0.717, 1.165) is 19.3 Å². The Kier molecular flexibility index (Phi) is 9.13. The summed E-state index contributed by atoms with van der Waals surface area (Å²) in [5, 5.41) is 0. The van der Waals surface area contributed by atoms with Gasteiger partial charge in [-0.1, -0.05) is 27.2 Å². The van der Waals surface area contributed by atoms with E-state index in [2.05, 4.69) is 27.4 Å². The smallest absolute Gasteiger partial charge is 0.445 e. The molecule has 0 bridgehead atoms. The van der Waals surface area contributed by atoms with E-state index in [1.54, 1.807) is 0 Å². The SMILES string of the molecule is C=C(COC1CC(C)CCC1C(C)C)[B-](F)(F)F.[K+]. The fraction of sp³-hybridized carbons (Fsp3) is 0.846. The van der Waals surface area contributed by atoms with Crippen LogP contribution in [0.25, 0.3) is 0 Å². The van der Waals surface area contributed by atoms with Crippen LogP contribution in [0.1, 0.15) is 40.0 Å². The van der Waals surface area contributed by atoms with E-state index in [-0.39, 0.29) is 64.1 Å². The Balaban J connectivity index is 0.00000324. The summed E-state index contributed by atoms with van der Waals surface area (Å²) in [4.78, 5) is 0. The van der Waals surface area contributed by atoms with Gasteiger partial charge in [-0.25, -0.2) is 0 Å². The van der Waals surface area contributed by atoms with Crippen LogP contribution in [0, 0.1) is 17.8 Å². The average molecular weight is 302 g/mol. The van der Waals surface area contributed by atoms with Crippen molar-refractivity contribution < 1.29 is 69.1 Å². The summed E-state index contributed by atoms with van der Waals surface area (Å²) < 4.78 is 42.8. The quantitative estimate of drug-likeness (QED) is 0.698. The molecule has 0 amide bonds. The van der Waals surface area contributed by atoms with Gasteiger partial charge in [-0.15, -0.1) is 12.1 Å². The van der Waals surface area contributed by atoms with Crippen LogP contribution >= 0.6 is 0 Å². The normalized spacial score (nSPS) is 28.1. The van der Waals surface area contributed by atoms with Gasteiger partial charge in [0.15, 0.2) is 0 Å². The standard InChI is InChI=1S/C13H23BF3O.K/c1-9(2)12-6-5-10(3)7-13(12)18-8-11(4)14(15,16)17;/h9-10,12-13H,4-8H2,1-3H3;/q-1;+1. The van der Waals surface area contributed by atoms with Crippen molar-refractivity contribution in [3.63, 3.8) is 0 Å². The molecule has 1 nitrogen and oxygen atoms in total. The van der Waals surface area contributed by atoms with Crippen LogP contribution in [0.4, 0.5) is 12.9 Å². The molecule has 0 spiro atoms. The maximum absolute atomic E-state index is 12.4. The number of hydrogen-bond acceptors (Lipinski definition) is 1. The van der Waals surface area contributed by atoms with Gasteiger partial charge in [-0.3, -0.25) is 0 Å². The van der Waals surface area contributed by atoms with Crippen LogP contribution in [0.2, 0.25) is 0 Å². The van der Waals surface area contributed by atoms with Crippen LogP contribution in [-0.2, 0) is 4.74 Å². The molecule has 0 aliphatic heterocycles. The second-order valence-corrected chi connectivity index (χ2v) is 5.91. The van der Waals surface area contributed by atoms with Gasteiger partial charge < -0.3 is 17.7 Å². The van der Waals surface area contributed by atoms with Crippen LogP contribution < -0.4 is 51.4 Å². The number of rotatable bonds is 5. The fourth-order valence-corrected chi connectivity index (χ4v) is 2.61. The van der Waals surface area contributed by atoms with Crippen LogP contribution in [-0.4, -0.2) is 19.7 Å². The van der Waals surface area contributed by atoms with Crippen molar-refractivity contribution in [1.82, 2.24) is 0 Å². The molecule has 1 aliphatic rings. The summed E-state index contributed by atoms with van der Waals surface area (Å²) in [6.07, 6.45) is 3.00. The molecular weight excluding hydrogens is 279 g/mol. The molecule has 0 saturated heterocycles. The van der Waals surface area contributed by atoms with Gasteiger partial charge in [-0.05, 0) is 30.6 Å². The second-order valence-electron chi connectivity index (χ2n) is 5.91. The number of hydrogen-bond donors (Lipinski definition) is 0. The van der Waals surface area contributed by atoms with Crippen molar-refractivity contribution in [2.24, 2.45) is 17.8 Å². The molecule has 3 atom stereocenters. The minimum atomic E-state index is -4.97. The predicted molar refractivity (Wildman–Crippen MR) is 69.3 cm³/mol. The average Bonchev–Trinajstić information content (AvgIpc) is 2.24. The summed E-state index contributed by atoms with van der Waals surface area (Å²) in [5.41, 5.74) is -0.726. The minimum Gasteiger partial charge on any atom is -0.445 e. The molecule has 6 heteroatoms. The molecule has 19 heavy (non-hydrogen) atoms. The first-order chi connectivity index (χ1) is 8.21. The molecule has 0 N–H and O–H groups in total. The Morgan fingerprint density at radius 1 is 1.32 bits per heavy atom. The first-order valence-electron chi connectivity index (χ1n) is 6.71. The van der Waals surface area contributed by atoms with Crippen LogP contribution in [0.5, 0.6) is 0 Å². The van der Waals surface area contributed by atoms with E-state index in [1.807, 2.05) is 0 Å². The van der Waals surface area contributed by atoms with E-state index in [4.69, 9.17) is 4.74 Å². The Morgan fingerprint density at radius 2 is 1.89 bits per heavy atom. The van der Waals surface area contributed by atoms with Gasteiger partial charge in [0.05, 0.1) is 6.10 Å². The van der Waals surface area contributed by atoms with Crippen LogP contribution in [0.3, 0.4) is 0 Å².